The Labute approximate surface area is 123 Å². The highest BCUT2D eigenvalue weighted by Crippen LogP contribution is 2.42. The summed E-state index contributed by atoms with van der Waals surface area (Å²) in [6.07, 6.45) is 4.03. The zero-order valence-corrected chi connectivity index (χ0v) is 12.6. The first-order chi connectivity index (χ1) is 9.38. The summed E-state index contributed by atoms with van der Waals surface area (Å²) in [5.41, 5.74) is 0.248. The van der Waals surface area contributed by atoms with E-state index in [1.165, 1.54) is 6.07 Å². The van der Waals surface area contributed by atoms with E-state index in [0.717, 1.165) is 19.3 Å². The van der Waals surface area contributed by atoms with Crippen LogP contribution in [0.3, 0.4) is 0 Å². The van der Waals surface area contributed by atoms with Gasteiger partial charge in [-0.15, -0.1) is 0 Å². The van der Waals surface area contributed by atoms with E-state index >= 15 is 0 Å². The predicted octanol–water partition coefficient (Wildman–Crippen LogP) is 4.89. The molecule has 0 saturated heterocycles. The molecule has 1 fully saturated rings. The zero-order chi connectivity index (χ0) is 14.9. The van der Waals surface area contributed by atoms with Crippen LogP contribution < -0.4 is 0 Å². The molecule has 0 spiro atoms. The standard InChI is InChI=1S/C16H20ClFO2/c1-10(2)12-8-11(9-13(17)14(12)18)16(15(19)20)6-4-3-5-7-16/h8-10H,3-7H2,1-2H3,(H,19,20). The van der Waals surface area contributed by atoms with Gasteiger partial charge in [-0.25, -0.2) is 4.39 Å². The van der Waals surface area contributed by atoms with E-state index in [4.69, 9.17) is 11.6 Å². The molecule has 1 aromatic rings. The third-order valence-corrected chi connectivity index (χ3v) is 4.62. The molecule has 1 aliphatic rings. The van der Waals surface area contributed by atoms with Crippen LogP contribution in [0.25, 0.3) is 0 Å². The fraction of sp³-hybridized carbons (Fsp3) is 0.562. The minimum atomic E-state index is -0.904. The van der Waals surface area contributed by atoms with Gasteiger partial charge in [0.15, 0.2) is 0 Å². The Bertz CT molecular complexity index is 519. The van der Waals surface area contributed by atoms with E-state index in [0.29, 0.717) is 24.0 Å². The minimum absolute atomic E-state index is 0.0254. The van der Waals surface area contributed by atoms with Crippen LogP contribution in [0.15, 0.2) is 12.1 Å². The van der Waals surface area contributed by atoms with Crippen molar-refractivity contribution in [2.45, 2.75) is 57.3 Å². The summed E-state index contributed by atoms with van der Waals surface area (Å²) >= 11 is 5.98. The molecule has 0 amide bonds. The smallest absolute Gasteiger partial charge is 0.314 e. The Morgan fingerprint density at radius 1 is 1.30 bits per heavy atom. The molecular weight excluding hydrogens is 279 g/mol. The fourth-order valence-electron chi connectivity index (χ4n) is 3.09. The number of hydrogen-bond donors (Lipinski definition) is 1. The van der Waals surface area contributed by atoms with Crippen molar-refractivity contribution in [1.29, 1.82) is 0 Å². The molecule has 0 radical (unpaired) electrons. The SMILES string of the molecule is CC(C)c1cc(C2(C(=O)O)CCCCC2)cc(Cl)c1F. The number of halogens is 2. The molecule has 4 heteroatoms. The lowest BCUT2D eigenvalue weighted by molar-refractivity contribution is -0.145. The quantitative estimate of drug-likeness (QED) is 0.862. The maximum atomic E-state index is 14.0. The average molecular weight is 299 g/mol. The van der Waals surface area contributed by atoms with Gasteiger partial charge in [-0.3, -0.25) is 4.79 Å². The highest BCUT2D eigenvalue weighted by molar-refractivity contribution is 6.30. The Morgan fingerprint density at radius 2 is 1.90 bits per heavy atom. The van der Waals surface area contributed by atoms with Gasteiger partial charge >= 0.3 is 5.97 Å². The molecule has 0 unspecified atom stereocenters. The van der Waals surface area contributed by atoms with Crippen LogP contribution in [0.1, 0.15) is 63.0 Å². The van der Waals surface area contributed by atoms with Gasteiger partial charge in [-0.05, 0) is 36.0 Å². The van der Waals surface area contributed by atoms with E-state index in [2.05, 4.69) is 0 Å². The number of hydrogen-bond acceptors (Lipinski definition) is 1. The number of carbonyl (C=O) groups is 1. The van der Waals surface area contributed by atoms with Gasteiger partial charge in [0, 0.05) is 0 Å². The molecule has 2 nitrogen and oxygen atoms in total. The lowest BCUT2D eigenvalue weighted by atomic mass is 9.69. The number of carboxylic acids is 1. The molecule has 1 aliphatic carbocycles. The van der Waals surface area contributed by atoms with Crippen molar-refractivity contribution in [3.05, 3.63) is 34.1 Å². The Hall–Kier alpha value is -1.09. The number of rotatable bonds is 3. The highest BCUT2D eigenvalue weighted by Gasteiger charge is 2.42. The second-order valence-electron chi connectivity index (χ2n) is 5.96. The van der Waals surface area contributed by atoms with Crippen molar-refractivity contribution in [3.63, 3.8) is 0 Å². The number of aliphatic carboxylic acids is 1. The molecular formula is C16H20ClFO2. The summed E-state index contributed by atoms with van der Waals surface area (Å²) in [4.78, 5) is 11.8. The monoisotopic (exact) mass is 298 g/mol. The Balaban J connectivity index is 2.57. The molecule has 1 N–H and O–H groups in total. The second-order valence-corrected chi connectivity index (χ2v) is 6.37. The van der Waals surface area contributed by atoms with Crippen LogP contribution in [0, 0.1) is 5.82 Å². The maximum absolute atomic E-state index is 14.0. The largest absolute Gasteiger partial charge is 0.481 e. The molecule has 2 rings (SSSR count). The summed E-state index contributed by atoms with van der Waals surface area (Å²) < 4.78 is 14.0. The van der Waals surface area contributed by atoms with Gasteiger partial charge in [0.25, 0.3) is 0 Å². The van der Waals surface area contributed by atoms with Gasteiger partial charge in [0.1, 0.15) is 5.82 Å². The van der Waals surface area contributed by atoms with E-state index in [-0.39, 0.29) is 10.9 Å². The van der Waals surface area contributed by atoms with Crippen molar-refractivity contribution in [2.24, 2.45) is 0 Å². The molecule has 0 aliphatic heterocycles. The molecule has 1 aromatic carbocycles. The van der Waals surface area contributed by atoms with Gasteiger partial charge in [0.2, 0.25) is 0 Å². The normalized spacial score (nSPS) is 18.2. The summed E-state index contributed by atoms with van der Waals surface area (Å²) in [5.74, 6) is -1.28. The average Bonchev–Trinajstić information content (AvgIpc) is 2.41. The molecule has 0 atom stereocenters. The van der Waals surface area contributed by atoms with E-state index < -0.39 is 17.2 Å². The first-order valence-corrected chi connectivity index (χ1v) is 7.49. The van der Waals surface area contributed by atoms with Crippen LogP contribution in [0.5, 0.6) is 0 Å². The number of benzene rings is 1. The van der Waals surface area contributed by atoms with Crippen molar-refractivity contribution < 1.29 is 14.3 Å². The number of carboxylic acid groups (broad SMARTS) is 1. The van der Waals surface area contributed by atoms with Gasteiger partial charge in [-0.2, -0.15) is 0 Å². The van der Waals surface area contributed by atoms with Crippen LogP contribution >= 0.6 is 11.6 Å². The van der Waals surface area contributed by atoms with Crippen molar-refractivity contribution in [1.82, 2.24) is 0 Å². The first kappa shape index (κ1) is 15.3. The topological polar surface area (TPSA) is 37.3 Å². The summed E-state index contributed by atoms with van der Waals surface area (Å²) in [7, 11) is 0. The Morgan fingerprint density at radius 3 is 2.40 bits per heavy atom. The molecule has 20 heavy (non-hydrogen) atoms. The van der Waals surface area contributed by atoms with Gasteiger partial charge < -0.3 is 5.11 Å². The summed E-state index contributed by atoms with van der Waals surface area (Å²) in [5, 5.41) is 9.72. The summed E-state index contributed by atoms with van der Waals surface area (Å²) in [6.45, 7) is 3.76. The molecule has 0 heterocycles. The Kier molecular flexibility index (Phi) is 4.38. The van der Waals surface area contributed by atoms with Crippen LogP contribution in [0.4, 0.5) is 4.39 Å². The van der Waals surface area contributed by atoms with Crippen LogP contribution in [-0.2, 0) is 10.2 Å². The van der Waals surface area contributed by atoms with Crippen molar-refractivity contribution in [2.75, 3.05) is 0 Å². The van der Waals surface area contributed by atoms with Gasteiger partial charge in [0.05, 0.1) is 10.4 Å². The van der Waals surface area contributed by atoms with E-state index in [9.17, 15) is 14.3 Å². The summed E-state index contributed by atoms with van der Waals surface area (Å²) in [6, 6.07) is 3.20. The lowest BCUT2D eigenvalue weighted by Gasteiger charge is -2.34. The molecule has 0 bridgehead atoms. The predicted molar refractivity (Wildman–Crippen MR) is 77.9 cm³/mol. The van der Waals surface area contributed by atoms with E-state index in [1.54, 1.807) is 6.07 Å². The molecule has 110 valence electrons. The third-order valence-electron chi connectivity index (χ3n) is 4.35. The molecule has 1 saturated carbocycles. The van der Waals surface area contributed by atoms with E-state index in [1.807, 2.05) is 13.8 Å². The molecule has 0 aromatic heterocycles. The lowest BCUT2D eigenvalue weighted by Crippen LogP contribution is -2.38. The van der Waals surface area contributed by atoms with Crippen LogP contribution in [0.2, 0.25) is 5.02 Å². The van der Waals surface area contributed by atoms with Crippen molar-refractivity contribution in [3.8, 4) is 0 Å². The highest BCUT2D eigenvalue weighted by atomic mass is 35.5. The minimum Gasteiger partial charge on any atom is -0.481 e. The fourth-order valence-corrected chi connectivity index (χ4v) is 3.31. The second kappa shape index (κ2) is 5.72. The first-order valence-electron chi connectivity index (χ1n) is 7.11. The third kappa shape index (κ3) is 2.56. The van der Waals surface area contributed by atoms with Crippen LogP contribution in [-0.4, -0.2) is 11.1 Å². The van der Waals surface area contributed by atoms with Crippen molar-refractivity contribution >= 4 is 17.6 Å². The van der Waals surface area contributed by atoms with Gasteiger partial charge in [-0.1, -0.05) is 50.8 Å². The zero-order valence-electron chi connectivity index (χ0n) is 11.9. The maximum Gasteiger partial charge on any atom is 0.314 e.